The molecule has 0 aliphatic carbocycles. The maximum Gasteiger partial charge on any atom is 0.234 e. The molecule has 0 bridgehead atoms. The van der Waals surface area contributed by atoms with Crippen LogP contribution in [0.1, 0.15) is 24.9 Å². The number of rotatable bonds is 4. The quantitative estimate of drug-likeness (QED) is 0.736. The molecule has 0 radical (unpaired) electrons. The number of amides is 1. The summed E-state index contributed by atoms with van der Waals surface area (Å²) < 4.78 is 0. The first-order valence-corrected chi connectivity index (χ1v) is 4.67. The third-order valence-electron chi connectivity index (χ3n) is 2.02. The van der Waals surface area contributed by atoms with Crippen LogP contribution >= 0.6 is 0 Å². The fraction of sp³-hybridized carbons (Fsp3) is 0.400. The predicted molar refractivity (Wildman–Crippen MR) is 54.5 cm³/mol. The lowest BCUT2D eigenvalue weighted by Gasteiger charge is -2.16. The second-order valence-corrected chi connectivity index (χ2v) is 3.02. The monoisotopic (exact) mass is 193 g/mol. The Labute approximate surface area is 83.5 Å². The number of nitrogens with two attached hydrogens (primary N) is 1. The molecule has 4 heteroatoms. The van der Waals surface area contributed by atoms with Gasteiger partial charge < -0.3 is 11.1 Å². The Bertz CT molecular complexity index is 287. The van der Waals surface area contributed by atoms with Gasteiger partial charge in [-0.05, 0) is 18.1 Å². The van der Waals surface area contributed by atoms with Crippen molar-refractivity contribution in [2.24, 2.45) is 5.73 Å². The number of pyridine rings is 1. The molecule has 4 nitrogen and oxygen atoms in total. The van der Waals surface area contributed by atoms with E-state index in [4.69, 9.17) is 5.73 Å². The molecule has 0 fully saturated rings. The van der Waals surface area contributed by atoms with Gasteiger partial charge in [0, 0.05) is 12.4 Å². The second-order valence-electron chi connectivity index (χ2n) is 3.02. The maximum absolute atomic E-state index is 11.1. The van der Waals surface area contributed by atoms with Crippen molar-refractivity contribution in [3.8, 4) is 0 Å². The summed E-state index contributed by atoms with van der Waals surface area (Å²) in [6.07, 6.45) is 4.30. The highest BCUT2D eigenvalue weighted by Crippen LogP contribution is 2.14. The van der Waals surface area contributed by atoms with E-state index >= 15 is 0 Å². The SMILES string of the molecule is CCC(NC(=O)CN)c1cccnc1. The van der Waals surface area contributed by atoms with Crippen molar-refractivity contribution >= 4 is 5.91 Å². The van der Waals surface area contributed by atoms with E-state index in [0.717, 1.165) is 12.0 Å². The molecule has 1 aromatic heterocycles. The van der Waals surface area contributed by atoms with Gasteiger partial charge in [-0.3, -0.25) is 9.78 Å². The lowest BCUT2D eigenvalue weighted by atomic mass is 10.1. The van der Waals surface area contributed by atoms with Crippen LogP contribution in [0.3, 0.4) is 0 Å². The van der Waals surface area contributed by atoms with E-state index in [0.29, 0.717) is 0 Å². The molecule has 76 valence electrons. The summed E-state index contributed by atoms with van der Waals surface area (Å²) in [5, 5.41) is 2.83. The zero-order valence-electron chi connectivity index (χ0n) is 8.23. The average molecular weight is 193 g/mol. The molecule has 1 atom stereocenters. The molecule has 1 unspecified atom stereocenters. The normalized spacial score (nSPS) is 12.1. The third kappa shape index (κ3) is 2.81. The van der Waals surface area contributed by atoms with Crippen molar-refractivity contribution in [3.05, 3.63) is 30.1 Å². The largest absolute Gasteiger partial charge is 0.348 e. The van der Waals surface area contributed by atoms with Gasteiger partial charge in [-0.25, -0.2) is 0 Å². The Balaban J connectivity index is 2.68. The maximum atomic E-state index is 11.1. The van der Waals surface area contributed by atoms with E-state index < -0.39 is 0 Å². The zero-order chi connectivity index (χ0) is 10.4. The first-order chi connectivity index (χ1) is 6.77. The highest BCUT2D eigenvalue weighted by atomic mass is 16.1. The van der Waals surface area contributed by atoms with E-state index in [9.17, 15) is 4.79 Å². The van der Waals surface area contributed by atoms with Crippen LogP contribution in [0.15, 0.2) is 24.5 Å². The van der Waals surface area contributed by atoms with Gasteiger partial charge in [0.1, 0.15) is 0 Å². The number of hydrogen-bond donors (Lipinski definition) is 2. The van der Waals surface area contributed by atoms with Crippen LogP contribution in [-0.2, 0) is 4.79 Å². The van der Waals surface area contributed by atoms with E-state index in [1.165, 1.54) is 0 Å². The summed E-state index contributed by atoms with van der Waals surface area (Å²) >= 11 is 0. The van der Waals surface area contributed by atoms with Gasteiger partial charge in [0.25, 0.3) is 0 Å². The number of nitrogens with one attached hydrogen (secondary N) is 1. The summed E-state index contributed by atoms with van der Waals surface area (Å²) in [6.45, 7) is 2.03. The van der Waals surface area contributed by atoms with Crippen LogP contribution in [0.25, 0.3) is 0 Å². The molecule has 1 amide bonds. The van der Waals surface area contributed by atoms with E-state index in [-0.39, 0.29) is 18.5 Å². The van der Waals surface area contributed by atoms with Gasteiger partial charge in [-0.15, -0.1) is 0 Å². The molecule has 0 aliphatic heterocycles. The smallest absolute Gasteiger partial charge is 0.234 e. The number of carbonyl (C=O) groups excluding carboxylic acids is 1. The van der Waals surface area contributed by atoms with Crippen LogP contribution in [0, 0.1) is 0 Å². The van der Waals surface area contributed by atoms with Crippen molar-refractivity contribution in [2.45, 2.75) is 19.4 Å². The molecule has 1 aromatic rings. The lowest BCUT2D eigenvalue weighted by molar-refractivity contribution is -0.120. The summed E-state index contributed by atoms with van der Waals surface area (Å²) in [7, 11) is 0. The van der Waals surface area contributed by atoms with E-state index in [1.54, 1.807) is 12.4 Å². The van der Waals surface area contributed by atoms with Crippen LogP contribution in [0.5, 0.6) is 0 Å². The molecular weight excluding hydrogens is 178 g/mol. The fourth-order valence-corrected chi connectivity index (χ4v) is 1.26. The predicted octanol–water partition coefficient (Wildman–Crippen LogP) is 0.608. The van der Waals surface area contributed by atoms with Crippen LogP contribution in [0.4, 0.5) is 0 Å². The molecule has 14 heavy (non-hydrogen) atoms. The average Bonchev–Trinajstić information content (AvgIpc) is 2.26. The highest BCUT2D eigenvalue weighted by molar-refractivity contribution is 5.78. The minimum atomic E-state index is -0.138. The highest BCUT2D eigenvalue weighted by Gasteiger charge is 2.10. The first-order valence-electron chi connectivity index (χ1n) is 4.67. The number of hydrogen-bond acceptors (Lipinski definition) is 3. The Morgan fingerprint density at radius 3 is 3.00 bits per heavy atom. The van der Waals surface area contributed by atoms with Crippen molar-refractivity contribution in [2.75, 3.05) is 6.54 Å². The molecule has 0 aliphatic rings. The van der Waals surface area contributed by atoms with E-state index in [2.05, 4.69) is 10.3 Å². The van der Waals surface area contributed by atoms with Gasteiger partial charge in [0.05, 0.1) is 12.6 Å². The minimum absolute atomic E-state index is 0.0137. The van der Waals surface area contributed by atoms with Crippen LogP contribution in [0.2, 0.25) is 0 Å². The molecule has 0 saturated carbocycles. The lowest BCUT2D eigenvalue weighted by Crippen LogP contribution is -2.33. The molecule has 0 spiro atoms. The Morgan fingerprint density at radius 1 is 1.71 bits per heavy atom. The summed E-state index contributed by atoms with van der Waals surface area (Å²) in [4.78, 5) is 15.1. The third-order valence-corrected chi connectivity index (χ3v) is 2.02. The van der Waals surface area contributed by atoms with Crippen molar-refractivity contribution in [3.63, 3.8) is 0 Å². The van der Waals surface area contributed by atoms with Crippen LogP contribution in [-0.4, -0.2) is 17.4 Å². The molecule has 3 N–H and O–H groups in total. The first kappa shape index (κ1) is 10.7. The van der Waals surface area contributed by atoms with Gasteiger partial charge in [-0.1, -0.05) is 13.0 Å². The topological polar surface area (TPSA) is 68.0 Å². The summed E-state index contributed by atoms with van der Waals surface area (Å²) in [6, 6.07) is 3.81. The number of nitrogens with zero attached hydrogens (tertiary/aromatic N) is 1. The fourth-order valence-electron chi connectivity index (χ4n) is 1.26. The van der Waals surface area contributed by atoms with Crippen molar-refractivity contribution < 1.29 is 4.79 Å². The van der Waals surface area contributed by atoms with Gasteiger partial charge >= 0.3 is 0 Å². The van der Waals surface area contributed by atoms with Gasteiger partial charge in [0.2, 0.25) is 5.91 Å². The zero-order valence-corrected chi connectivity index (χ0v) is 8.23. The molecule has 0 saturated heterocycles. The van der Waals surface area contributed by atoms with Crippen LogP contribution < -0.4 is 11.1 Å². The second kappa shape index (κ2) is 5.34. The molecule has 1 heterocycles. The number of aromatic nitrogens is 1. The van der Waals surface area contributed by atoms with Crippen molar-refractivity contribution in [1.82, 2.24) is 10.3 Å². The van der Waals surface area contributed by atoms with E-state index in [1.807, 2.05) is 19.1 Å². The summed E-state index contributed by atoms with van der Waals surface area (Å²) in [5.74, 6) is -0.138. The minimum Gasteiger partial charge on any atom is -0.348 e. The Kier molecular flexibility index (Phi) is 4.07. The van der Waals surface area contributed by atoms with Crippen molar-refractivity contribution in [1.29, 1.82) is 0 Å². The van der Waals surface area contributed by atoms with Gasteiger partial charge in [0.15, 0.2) is 0 Å². The Morgan fingerprint density at radius 2 is 2.50 bits per heavy atom. The molecule has 0 aromatic carbocycles. The summed E-state index contributed by atoms with van der Waals surface area (Å²) in [5.41, 5.74) is 6.24. The number of carbonyl (C=O) groups is 1. The Hall–Kier alpha value is -1.42. The molecule has 1 rings (SSSR count). The van der Waals surface area contributed by atoms with Gasteiger partial charge in [-0.2, -0.15) is 0 Å². The standard InChI is InChI=1S/C10H15N3O/c1-2-9(13-10(14)6-11)8-4-3-5-12-7-8/h3-5,7,9H,2,6,11H2,1H3,(H,13,14). The molecular formula is C10H15N3O.